The van der Waals surface area contributed by atoms with E-state index in [0.29, 0.717) is 11.5 Å². The van der Waals surface area contributed by atoms with Gasteiger partial charge in [-0.1, -0.05) is 18.2 Å². The molecule has 1 fully saturated rings. The van der Waals surface area contributed by atoms with Gasteiger partial charge < -0.3 is 16.0 Å². The van der Waals surface area contributed by atoms with E-state index in [1.165, 1.54) is 24.3 Å². The number of carbonyl (C=O) groups excluding carboxylic acids is 1. The molecule has 1 saturated heterocycles. The second-order valence-corrected chi connectivity index (χ2v) is 8.76. The van der Waals surface area contributed by atoms with Crippen LogP contribution in [0.3, 0.4) is 0 Å². The summed E-state index contributed by atoms with van der Waals surface area (Å²) in [7, 11) is 3.46. The largest absolute Gasteiger partial charge is 0.356 e. The Labute approximate surface area is 183 Å². The van der Waals surface area contributed by atoms with E-state index < -0.39 is 0 Å². The number of aliphatic imine (C=N–C) groups is 1. The summed E-state index contributed by atoms with van der Waals surface area (Å²) in [4.78, 5) is 20.2. The summed E-state index contributed by atoms with van der Waals surface area (Å²) in [5.74, 6) is 1.43. The van der Waals surface area contributed by atoms with Crippen LogP contribution in [0.5, 0.6) is 0 Å². The van der Waals surface area contributed by atoms with Crippen molar-refractivity contribution >= 4 is 23.2 Å². The minimum Gasteiger partial charge on any atom is -0.356 e. The van der Waals surface area contributed by atoms with Gasteiger partial charge in [-0.2, -0.15) is 0 Å². The fourth-order valence-corrected chi connectivity index (χ4v) is 4.63. The molecule has 1 unspecified atom stereocenters. The number of hydrogen-bond donors (Lipinski definition) is 3. The van der Waals surface area contributed by atoms with Gasteiger partial charge in [-0.15, -0.1) is 11.3 Å². The third-order valence-electron chi connectivity index (χ3n) is 5.47. The summed E-state index contributed by atoms with van der Waals surface area (Å²) in [5.41, 5.74) is 1.83. The van der Waals surface area contributed by atoms with Crippen LogP contribution in [-0.2, 0) is 13.0 Å². The van der Waals surface area contributed by atoms with Gasteiger partial charge in [-0.05, 0) is 60.9 Å². The Morgan fingerprint density at radius 2 is 2.17 bits per heavy atom. The second kappa shape index (κ2) is 11.7. The zero-order valence-electron chi connectivity index (χ0n) is 18.0. The van der Waals surface area contributed by atoms with E-state index in [0.717, 1.165) is 44.1 Å². The lowest BCUT2D eigenvalue weighted by molar-refractivity contribution is 0.0963. The second-order valence-electron chi connectivity index (χ2n) is 7.73. The van der Waals surface area contributed by atoms with Crippen molar-refractivity contribution in [3.05, 3.63) is 57.8 Å². The van der Waals surface area contributed by atoms with Gasteiger partial charge in [0, 0.05) is 50.7 Å². The molecule has 1 amide bonds. The van der Waals surface area contributed by atoms with Gasteiger partial charge in [0.1, 0.15) is 0 Å². The molecule has 30 heavy (non-hydrogen) atoms. The van der Waals surface area contributed by atoms with Crippen molar-refractivity contribution < 1.29 is 4.79 Å². The molecule has 6 nitrogen and oxygen atoms in total. The van der Waals surface area contributed by atoms with Crippen molar-refractivity contribution in [2.24, 2.45) is 10.9 Å². The molecular weight excluding hydrogens is 394 g/mol. The van der Waals surface area contributed by atoms with E-state index in [9.17, 15) is 4.79 Å². The first kappa shape index (κ1) is 22.3. The van der Waals surface area contributed by atoms with E-state index >= 15 is 0 Å². The summed E-state index contributed by atoms with van der Waals surface area (Å²) >= 11 is 1.84. The van der Waals surface area contributed by atoms with E-state index in [1.807, 2.05) is 36.6 Å². The molecule has 0 bridgehead atoms. The van der Waals surface area contributed by atoms with Gasteiger partial charge in [0.2, 0.25) is 0 Å². The van der Waals surface area contributed by atoms with Gasteiger partial charge in [-0.25, -0.2) is 0 Å². The standard InChI is InChI=1S/C23H33N5OS/c1-24-22(29)20-8-3-6-18(14-20)10-11-26-23(25-2)27-15-19-7-4-12-28(16-19)17-21-9-5-13-30-21/h3,5-6,8-9,13-14,19H,4,7,10-12,15-17H2,1-2H3,(H,24,29)(H2,25,26,27). The van der Waals surface area contributed by atoms with Crippen molar-refractivity contribution in [3.8, 4) is 0 Å². The molecule has 3 rings (SSSR count). The summed E-state index contributed by atoms with van der Waals surface area (Å²) < 4.78 is 0. The number of rotatable bonds is 8. The zero-order valence-corrected chi connectivity index (χ0v) is 18.8. The lowest BCUT2D eigenvalue weighted by atomic mass is 9.98. The van der Waals surface area contributed by atoms with Crippen LogP contribution in [0.4, 0.5) is 0 Å². The normalized spacial score (nSPS) is 17.5. The third-order valence-corrected chi connectivity index (χ3v) is 6.33. The van der Waals surface area contributed by atoms with Gasteiger partial charge in [0.15, 0.2) is 5.96 Å². The fourth-order valence-electron chi connectivity index (χ4n) is 3.88. The first-order chi connectivity index (χ1) is 14.7. The third kappa shape index (κ3) is 6.85. The number of benzene rings is 1. The van der Waals surface area contributed by atoms with Crippen LogP contribution in [-0.4, -0.2) is 57.0 Å². The molecule has 2 heterocycles. The molecule has 2 aromatic rings. The molecule has 0 spiro atoms. The quantitative estimate of drug-likeness (QED) is 0.448. The Kier molecular flexibility index (Phi) is 8.71. The highest BCUT2D eigenvalue weighted by Gasteiger charge is 2.20. The lowest BCUT2D eigenvalue weighted by Gasteiger charge is -2.32. The Morgan fingerprint density at radius 3 is 2.93 bits per heavy atom. The van der Waals surface area contributed by atoms with E-state index in [-0.39, 0.29) is 5.91 Å². The lowest BCUT2D eigenvalue weighted by Crippen LogP contribution is -2.44. The molecule has 0 radical (unpaired) electrons. The maximum absolute atomic E-state index is 11.8. The molecule has 7 heteroatoms. The van der Waals surface area contributed by atoms with E-state index in [4.69, 9.17) is 0 Å². The van der Waals surface area contributed by atoms with Crippen LogP contribution in [0.1, 0.15) is 33.6 Å². The molecule has 0 aliphatic carbocycles. The molecule has 162 valence electrons. The SMILES string of the molecule is CN=C(NCCc1cccc(C(=O)NC)c1)NCC1CCCN(Cc2cccs2)C1. The van der Waals surface area contributed by atoms with E-state index in [1.54, 1.807) is 7.05 Å². The van der Waals surface area contributed by atoms with Crippen LogP contribution < -0.4 is 16.0 Å². The van der Waals surface area contributed by atoms with E-state index in [2.05, 4.69) is 49.4 Å². The monoisotopic (exact) mass is 427 g/mol. The highest BCUT2D eigenvalue weighted by Crippen LogP contribution is 2.19. The first-order valence-electron chi connectivity index (χ1n) is 10.7. The van der Waals surface area contributed by atoms with Crippen molar-refractivity contribution in [1.82, 2.24) is 20.9 Å². The predicted molar refractivity (Wildman–Crippen MR) is 125 cm³/mol. The van der Waals surface area contributed by atoms with Crippen molar-refractivity contribution in [2.45, 2.75) is 25.8 Å². The maximum atomic E-state index is 11.8. The molecular formula is C23H33N5OS. The van der Waals surface area contributed by atoms with Gasteiger partial charge >= 0.3 is 0 Å². The van der Waals surface area contributed by atoms with Crippen LogP contribution in [0.25, 0.3) is 0 Å². The van der Waals surface area contributed by atoms with Crippen LogP contribution >= 0.6 is 11.3 Å². The van der Waals surface area contributed by atoms with Crippen molar-refractivity contribution in [2.75, 3.05) is 40.3 Å². The minimum atomic E-state index is -0.0529. The Morgan fingerprint density at radius 1 is 1.27 bits per heavy atom. The summed E-state index contributed by atoms with van der Waals surface area (Å²) in [6.45, 7) is 5.10. The summed E-state index contributed by atoms with van der Waals surface area (Å²) in [6.07, 6.45) is 3.35. The Bertz CT molecular complexity index is 821. The smallest absolute Gasteiger partial charge is 0.251 e. The average Bonchev–Trinajstić information content (AvgIpc) is 3.29. The summed E-state index contributed by atoms with van der Waals surface area (Å²) in [6, 6.07) is 12.1. The number of nitrogens with zero attached hydrogens (tertiary/aromatic N) is 2. The molecule has 1 aliphatic rings. The number of amides is 1. The molecule has 1 aromatic carbocycles. The number of nitrogens with one attached hydrogen (secondary N) is 3. The molecule has 1 atom stereocenters. The topological polar surface area (TPSA) is 68.8 Å². The predicted octanol–water partition coefficient (Wildman–Crippen LogP) is 2.73. The first-order valence-corrected chi connectivity index (χ1v) is 11.6. The minimum absolute atomic E-state index is 0.0529. The summed E-state index contributed by atoms with van der Waals surface area (Å²) in [5, 5.41) is 11.7. The Balaban J connectivity index is 1.40. The fraction of sp³-hybridized carbons (Fsp3) is 0.478. The van der Waals surface area contributed by atoms with Gasteiger partial charge in [-0.3, -0.25) is 14.7 Å². The number of carbonyl (C=O) groups is 1. The van der Waals surface area contributed by atoms with Gasteiger partial charge in [0.25, 0.3) is 5.91 Å². The van der Waals surface area contributed by atoms with Crippen molar-refractivity contribution in [3.63, 3.8) is 0 Å². The molecule has 1 aromatic heterocycles. The number of guanidine groups is 1. The van der Waals surface area contributed by atoms with Crippen molar-refractivity contribution in [1.29, 1.82) is 0 Å². The molecule has 0 saturated carbocycles. The number of piperidine rings is 1. The number of hydrogen-bond acceptors (Lipinski definition) is 4. The highest BCUT2D eigenvalue weighted by molar-refractivity contribution is 7.09. The number of thiophene rings is 1. The van der Waals surface area contributed by atoms with Crippen LogP contribution in [0, 0.1) is 5.92 Å². The zero-order chi connectivity index (χ0) is 21.2. The Hall–Kier alpha value is -2.38. The van der Waals surface area contributed by atoms with Gasteiger partial charge in [0.05, 0.1) is 0 Å². The van der Waals surface area contributed by atoms with Crippen LogP contribution in [0.15, 0.2) is 46.8 Å². The highest BCUT2D eigenvalue weighted by atomic mass is 32.1. The average molecular weight is 428 g/mol. The maximum Gasteiger partial charge on any atom is 0.251 e. The van der Waals surface area contributed by atoms with Crippen LogP contribution in [0.2, 0.25) is 0 Å². The molecule has 3 N–H and O–H groups in total. The number of likely N-dealkylation sites (tertiary alicyclic amines) is 1. The molecule has 1 aliphatic heterocycles.